The Hall–Kier alpha value is -1.83. The molecule has 3 N–H and O–H groups in total. The Balaban J connectivity index is 1.25. The highest BCUT2D eigenvalue weighted by atomic mass is 16.6. The van der Waals surface area contributed by atoms with Crippen LogP contribution in [-0.2, 0) is 9.53 Å². The molecule has 5 aliphatic rings. The average Bonchev–Trinajstić information content (AvgIpc) is 2.66. The third kappa shape index (κ3) is 4.37. The Kier molecular flexibility index (Phi) is 5.73. The number of urea groups is 1. The number of nitrogens with zero attached hydrogens (tertiary/aromatic N) is 1. The molecule has 5 rings (SSSR count). The van der Waals surface area contributed by atoms with E-state index in [9.17, 15) is 14.4 Å². The second kappa shape index (κ2) is 8.13. The zero-order valence-corrected chi connectivity index (χ0v) is 17.7. The van der Waals surface area contributed by atoms with Gasteiger partial charge in [-0.3, -0.25) is 15.0 Å². The first-order chi connectivity index (χ1) is 13.9. The number of rotatable bonds is 4. The normalized spacial score (nSPS) is 34.6. The fourth-order valence-corrected chi connectivity index (χ4v) is 6.57. The number of hydrogen-bond acceptors (Lipinski definition) is 4. The Morgan fingerprint density at radius 1 is 1.07 bits per heavy atom. The van der Waals surface area contributed by atoms with Gasteiger partial charge in [0.25, 0.3) is 5.91 Å². The number of imide groups is 1. The van der Waals surface area contributed by atoms with E-state index in [-0.39, 0.29) is 29.6 Å². The van der Waals surface area contributed by atoms with Crippen molar-refractivity contribution in [3.8, 4) is 0 Å². The van der Waals surface area contributed by atoms with Crippen molar-refractivity contribution in [3.63, 3.8) is 0 Å². The molecule has 0 unspecified atom stereocenters. The van der Waals surface area contributed by atoms with Gasteiger partial charge in [-0.1, -0.05) is 0 Å². The van der Waals surface area contributed by atoms with E-state index in [2.05, 4.69) is 10.6 Å². The third-order valence-corrected chi connectivity index (χ3v) is 7.59. The standard InChI is InChI=1S/C21H34N4O4/c1-3-29-20(28)25-6-4-24(5-7-25)14(2)18(26)22-19(27)23-21-11-15-8-16(12-21)10-17(9-15)13-21/h14-17H,3-13H2,1-2H3,(H2,22,23,26,27)/p+1/t14-,15?,16?,17?,21?/m0/s1. The molecule has 5 fully saturated rings. The molecule has 4 bridgehead atoms. The lowest BCUT2D eigenvalue weighted by atomic mass is 9.53. The van der Waals surface area contributed by atoms with E-state index in [0.717, 1.165) is 41.9 Å². The van der Waals surface area contributed by atoms with Crippen LogP contribution in [0.3, 0.4) is 0 Å². The molecule has 0 aromatic carbocycles. The highest BCUT2D eigenvalue weighted by Crippen LogP contribution is 2.55. The molecule has 0 spiro atoms. The highest BCUT2D eigenvalue weighted by molar-refractivity contribution is 5.96. The first-order valence-electron chi connectivity index (χ1n) is 11.3. The van der Waals surface area contributed by atoms with Gasteiger partial charge in [-0.15, -0.1) is 0 Å². The van der Waals surface area contributed by atoms with Crippen LogP contribution in [0, 0.1) is 17.8 Å². The summed E-state index contributed by atoms with van der Waals surface area (Å²) >= 11 is 0. The number of nitrogens with one attached hydrogen (secondary N) is 3. The summed E-state index contributed by atoms with van der Waals surface area (Å²) in [6, 6.07) is -0.671. The van der Waals surface area contributed by atoms with E-state index in [1.54, 1.807) is 11.8 Å². The molecule has 8 heteroatoms. The van der Waals surface area contributed by atoms with E-state index in [4.69, 9.17) is 4.74 Å². The van der Waals surface area contributed by atoms with Crippen molar-refractivity contribution in [2.45, 2.75) is 64.0 Å². The zero-order chi connectivity index (χ0) is 20.6. The fourth-order valence-electron chi connectivity index (χ4n) is 6.57. The Morgan fingerprint density at radius 3 is 2.14 bits per heavy atom. The minimum atomic E-state index is -0.339. The number of ether oxygens (including phenoxy) is 1. The van der Waals surface area contributed by atoms with Crippen LogP contribution in [0.1, 0.15) is 52.4 Å². The van der Waals surface area contributed by atoms with Crippen molar-refractivity contribution in [3.05, 3.63) is 0 Å². The second-order valence-corrected chi connectivity index (χ2v) is 9.71. The van der Waals surface area contributed by atoms with Crippen molar-refractivity contribution in [1.82, 2.24) is 15.5 Å². The predicted octanol–water partition coefficient (Wildman–Crippen LogP) is 0.527. The van der Waals surface area contributed by atoms with Gasteiger partial charge in [-0.2, -0.15) is 0 Å². The largest absolute Gasteiger partial charge is 0.450 e. The van der Waals surface area contributed by atoms with Gasteiger partial charge in [0.1, 0.15) is 0 Å². The zero-order valence-electron chi connectivity index (χ0n) is 17.7. The molecular formula is C21H35N4O4+. The van der Waals surface area contributed by atoms with Crippen LogP contribution in [0.2, 0.25) is 0 Å². The molecule has 1 heterocycles. The van der Waals surface area contributed by atoms with Crippen LogP contribution in [0.25, 0.3) is 0 Å². The molecule has 1 atom stereocenters. The van der Waals surface area contributed by atoms with Crippen LogP contribution in [0.5, 0.6) is 0 Å². The van der Waals surface area contributed by atoms with E-state index < -0.39 is 0 Å². The van der Waals surface area contributed by atoms with Crippen LogP contribution < -0.4 is 15.5 Å². The number of hydrogen-bond donors (Lipinski definition) is 3. The topological polar surface area (TPSA) is 92.2 Å². The molecule has 4 saturated carbocycles. The summed E-state index contributed by atoms with van der Waals surface area (Å²) in [5.41, 5.74) is -0.0968. The molecular weight excluding hydrogens is 372 g/mol. The molecule has 0 radical (unpaired) electrons. The van der Waals surface area contributed by atoms with E-state index in [1.165, 1.54) is 19.3 Å². The van der Waals surface area contributed by atoms with Gasteiger partial charge in [0.05, 0.1) is 32.8 Å². The SMILES string of the molecule is CCOC(=O)N1CC[NH+]([C@@H](C)C(=O)NC(=O)NC23CC4CC(CC(C4)C2)C3)CC1. The number of piperazine rings is 1. The molecule has 0 aromatic rings. The number of carbonyl (C=O) groups is 3. The summed E-state index contributed by atoms with van der Waals surface area (Å²) in [5.74, 6) is 2.00. The van der Waals surface area contributed by atoms with E-state index >= 15 is 0 Å². The number of carbonyl (C=O) groups excluding carboxylic acids is 3. The van der Waals surface area contributed by atoms with Crippen LogP contribution in [0.15, 0.2) is 0 Å². The van der Waals surface area contributed by atoms with E-state index in [1.807, 2.05) is 6.92 Å². The maximum absolute atomic E-state index is 12.7. The van der Waals surface area contributed by atoms with Crippen molar-refractivity contribution in [2.24, 2.45) is 17.8 Å². The summed E-state index contributed by atoms with van der Waals surface area (Å²) < 4.78 is 5.04. The summed E-state index contributed by atoms with van der Waals surface area (Å²) in [6.07, 6.45) is 6.86. The van der Waals surface area contributed by atoms with Gasteiger partial charge in [0, 0.05) is 5.54 Å². The summed E-state index contributed by atoms with van der Waals surface area (Å²) in [5, 5.41) is 5.79. The molecule has 162 valence electrons. The lowest BCUT2D eigenvalue weighted by Crippen LogP contribution is -3.19. The lowest BCUT2D eigenvalue weighted by molar-refractivity contribution is -0.917. The molecule has 1 saturated heterocycles. The molecule has 29 heavy (non-hydrogen) atoms. The van der Waals surface area contributed by atoms with Crippen molar-refractivity contribution < 1.29 is 24.0 Å². The molecule has 0 aromatic heterocycles. The quantitative estimate of drug-likeness (QED) is 0.634. The first kappa shape index (κ1) is 20.4. The smallest absolute Gasteiger partial charge is 0.410 e. The maximum atomic E-state index is 12.7. The fraction of sp³-hybridized carbons (Fsp3) is 0.857. The van der Waals surface area contributed by atoms with Crippen molar-refractivity contribution >= 4 is 18.0 Å². The Morgan fingerprint density at radius 2 is 1.62 bits per heavy atom. The highest BCUT2D eigenvalue weighted by Gasteiger charge is 2.51. The van der Waals surface area contributed by atoms with Gasteiger partial charge in [0.2, 0.25) is 0 Å². The minimum absolute atomic E-state index is 0.0968. The number of quaternary nitrogens is 1. The maximum Gasteiger partial charge on any atom is 0.410 e. The van der Waals surface area contributed by atoms with E-state index in [0.29, 0.717) is 32.8 Å². The van der Waals surface area contributed by atoms with Gasteiger partial charge in [0.15, 0.2) is 6.04 Å². The van der Waals surface area contributed by atoms with Crippen LogP contribution >= 0.6 is 0 Å². The number of amides is 4. The Labute approximate surface area is 172 Å². The van der Waals surface area contributed by atoms with Crippen LogP contribution in [-0.4, -0.2) is 67.3 Å². The van der Waals surface area contributed by atoms with Gasteiger partial charge in [-0.05, 0) is 70.1 Å². The molecule has 4 aliphatic carbocycles. The summed E-state index contributed by atoms with van der Waals surface area (Å²) in [4.78, 5) is 39.9. The monoisotopic (exact) mass is 407 g/mol. The average molecular weight is 408 g/mol. The predicted molar refractivity (Wildman–Crippen MR) is 106 cm³/mol. The summed E-state index contributed by atoms with van der Waals surface area (Å²) in [6.45, 7) is 6.47. The Bertz CT molecular complexity index is 624. The van der Waals surface area contributed by atoms with Gasteiger partial charge >= 0.3 is 12.1 Å². The van der Waals surface area contributed by atoms with Crippen molar-refractivity contribution in [2.75, 3.05) is 32.8 Å². The summed E-state index contributed by atoms with van der Waals surface area (Å²) in [7, 11) is 0. The third-order valence-electron chi connectivity index (χ3n) is 7.59. The second-order valence-electron chi connectivity index (χ2n) is 9.71. The van der Waals surface area contributed by atoms with Gasteiger partial charge < -0.3 is 15.0 Å². The van der Waals surface area contributed by atoms with Gasteiger partial charge in [-0.25, -0.2) is 9.59 Å². The minimum Gasteiger partial charge on any atom is -0.450 e. The lowest BCUT2D eigenvalue weighted by Gasteiger charge is -2.56. The van der Waals surface area contributed by atoms with Crippen molar-refractivity contribution in [1.29, 1.82) is 0 Å². The molecule has 8 nitrogen and oxygen atoms in total. The first-order valence-corrected chi connectivity index (χ1v) is 11.3. The molecule has 4 amide bonds. The van der Waals surface area contributed by atoms with Crippen LogP contribution in [0.4, 0.5) is 9.59 Å². The molecule has 1 aliphatic heterocycles.